The Morgan fingerprint density at radius 2 is 1.47 bits per heavy atom. The van der Waals surface area contributed by atoms with Crippen LogP contribution in [0.15, 0.2) is 102 Å². The Bertz CT molecular complexity index is 1600. The van der Waals surface area contributed by atoms with Gasteiger partial charge in [-0.2, -0.15) is 0 Å². The number of hydrogen-bond acceptors (Lipinski definition) is 4. The summed E-state index contributed by atoms with van der Waals surface area (Å²) in [5, 5.41) is 1.11. The molecule has 5 nitrogen and oxygen atoms in total. The highest BCUT2D eigenvalue weighted by atomic mass is 79.9. The molecule has 0 aliphatic rings. The number of esters is 1. The number of hydrogen-bond donors (Lipinski definition) is 0. The van der Waals surface area contributed by atoms with E-state index in [0.29, 0.717) is 45.9 Å². The first-order valence-corrected chi connectivity index (χ1v) is 13.3. The van der Waals surface area contributed by atoms with Gasteiger partial charge in [-0.25, -0.2) is 9.78 Å². The van der Waals surface area contributed by atoms with Gasteiger partial charge in [0.05, 0.1) is 23.1 Å². The van der Waals surface area contributed by atoms with Crippen molar-refractivity contribution in [1.29, 1.82) is 0 Å². The van der Waals surface area contributed by atoms with Crippen molar-refractivity contribution in [1.82, 2.24) is 9.55 Å². The second-order valence-corrected chi connectivity index (χ2v) is 10.1. The van der Waals surface area contributed by atoms with Gasteiger partial charge in [0.25, 0.3) is 0 Å². The minimum atomic E-state index is -0.510. The smallest absolute Gasteiger partial charge is 0.343 e. The summed E-state index contributed by atoms with van der Waals surface area (Å²) in [6.07, 6.45) is 1.76. The molecule has 0 amide bonds. The molecule has 8 heteroatoms. The summed E-state index contributed by atoms with van der Waals surface area (Å²) < 4.78 is 14.9. The van der Waals surface area contributed by atoms with Gasteiger partial charge in [0.15, 0.2) is 0 Å². The Kier molecular flexibility index (Phi) is 8.13. The number of ether oxygens (including phenoxy) is 2. The van der Waals surface area contributed by atoms with Crippen molar-refractivity contribution in [2.75, 3.05) is 6.61 Å². The van der Waals surface area contributed by atoms with Gasteiger partial charge in [0, 0.05) is 26.2 Å². The van der Waals surface area contributed by atoms with Crippen LogP contribution in [-0.4, -0.2) is 22.1 Å². The molecular formula is C30H21BrCl2N2O3. The molecule has 4 aromatic carbocycles. The monoisotopic (exact) mass is 606 g/mol. The molecule has 0 fully saturated rings. The molecule has 0 unspecified atom stereocenters. The van der Waals surface area contributed by atoms with E-state index < -0.39 is 5.97 Å². The van der Waals surface area contributed by atoms with E-state index in [0.717, 1.165) is 21.3 Å². The Balaban J connectivity index is 1.49. The predicted molar refractivity (Wildman–Crippen MR) is 156 cm³/mol. The lowest BCUT2D eigenvalue weighted by Crippen LogP contribution is -2.10. The first-order valence-electron chi connectivity index (χ1n) is 11.8. The van der Waals surface area contributed by atoms with Crippen LogP contribution in [0.2, 0.25) is 10.0 Å². The van der Waals surface area contributed by atoms with Crippen molar-refractivity contribution >= 4 is 68.0 Å². The van der Waals surface area contributed by atoms with Gasteiger partial charge >= 0.3 is 5.97 Å². The SMILES string of the molecule is O=C(O/C(=C/c1nc2ccccc2n1CCOc1ccc(Br)cc1)c1ccc(Cl)cc1)c1ccc(Cl)cc1. The zero-order valence-corrected chi connectivity index (χ0v) is 23.1. The maximum Gasteiger partial charge on any atom is 0.343 e. The number of benzene rings is 4. The van der Waals surface area contributed by atoms with Crippen LogP contribution in [0.1, 0.15) is 21.7 Å². The van der Waals surface area contributed by atoms with E-state index in [9.17, 15) is 4.79 Å². The molecule has 1 heterocycles. The quantitative estimate of drug-likeness (QED) is 0.131. The maximum atomic E-state index is 13.0. The molecule has 190 valence electrons. The topological polar surface area (TPSA) is 53.3 Å². The highest BCUT2D eigenvalue weighted by molar-refractivity contribution is 9.10. The number of fused-ring (bicyclic) bond motifs is 1. The Morgan fingerprint density at radius 3 is 2.16 bits per heavy atom. The van der Waals surface area contributed by atoms with Crippen LogP contribution in [0, 0.1) is 0 Å². The summed E-state index contributed by atoms with van der Waals surface area (Å²) in [4.78, 5) is 17.8. The Hall–Kier alpha value is -3.58. The van der Waals surface area contributed by atoms with E-state index >= 15 is 0 Å². The summed E-state index contributed by atoms with van der Waals surface area (Å²) in [5.41, 5.74) is 2.83. The number of imidazole rings is 1. The van der Waals surface area contributed by atoms with Gasteiger partial charge in [-0.05, 0) is 84.9 Å². The van der Waals surface area contributed by atoms with E-state index in [1.807, 2.05) is 53.1 Å². The van der Waals surface area contributed by atoms with Gasteiger partial charge in [-0.3, -0.25) is 0 Å². The van der Waals surface area contributed by atoms with Crippen LogP contribution in [0.4, 0.5) is 0 Å². The van der Waals surface area contributed by atoms with Crippen molar-refractivity contribution in [3.05, 3.63) is 129 Å². The average molecular weight is 608 g/mol. The third-order valence-corrected chi connectivity index (χ3v) is 6.79. The lowest BCUT2D eigenvalue weighted by atomic mass is 10.1. The number of aromatic nitrogens is 2. The average Bonchev–Trinajstić information content (AvgIpc) is 3.27. The summed E-state index contributed by atoms with van der Waals surface area (Å²) in [6.45, 7) is 0.950. The molecular weight excluding hydrogens is 587 g/mol. The largest absolute Gasteiger partial charge is 0.492 e. The van der Waals surface area contributed by atoms with Crippen LogP contribution in [0.25, 0.3) is 22.9 Å². The van der Waals surface area contributed by atoms with Crippen molar-refractivity contribution < 1.29 is 14.3 Å². The standard InChI is InChI=1S/C30H21BrCl2N2O3/c31-22-9-15-25(16-10-22)37-18-17-35-27-4-2-1-3-26(27)34-29(35)19-28(20-5-11-23(32)12-6-20)38-30(36)21-7-13-24(33)14-8-21/h1-16,19H,17-18H2/b28-19+. The van der Waals surface area contributed by atoms with E-state index in [1.54, 1.807) is 54.6 Å². The normalized spacial score (nSPS) is 11.5. The summed E-state index contributed by atoms with van der Waals surface area (Å²) in [5.74, 6) is 1.23. The molecule has 0 radical (unpaired) electrons. The van der Waals surface area contributed by atoms with Gasteiger partial charge < -0.3 is 14.0 Å². The Morgan fingerprint density at radius 1 is 0.842 bits per heavy atom. The second kappa shape index (κ2) is 11.9. The Labute approximate surface area is 238 Å². The van der Waals surface area contributed by atoms with Crippen molar-refractivity contribution in [3.8, 4) is 5.75 Å². The highest BCUT2D eigenvalue weighted by Crippen LogP contribution is 2.26. The third-order valence-electron chi connectivity index (χ3n) is 5.75. The number of nitrogens with zero attached hydrogens (tertiary/aromatic N) is 2. The molecule has 5 rings (SSSR count). The number of halogens is 3. The number of para-hydroxylation sites is 2. The first kappa shape index (κ1) is 26.0. The lowest BCUT2D eigenvalue weighted by molar-refractivity contribution is 0.0693. The van der Waals surface area contributed by atoms with E-state index in [2.05, 4.69) is 15.9 Å². The zero-order valence-electron chi connectivity index (χ0n) is 20.0. The highest BCUT2D eigenvalue weighted by Gasteiger charge is 2.16. The van der Waals surface area contributed by atoms with Crippen LogP contribution in [0.3, 0.4) is 0 Å². The fourth-order valence-corrected chi connectivity index (χ4v) is 4.39. The fraction of sp³-hybridized carbons (Fsp3) is 0.0667. The molecule has 0 bridgehead atoms. The fourth-order valence-electron chi connectivity index (χ4n) is 3.87. The molecule has 38 heavy (non-hydrogen) atoms. The van der Waals surface area contributed by atoms with Crippen molar-refractivity contribution in [2.24, 2.45) is 0 Å². The molecule has 0 N–H and O–H groups in total. The molecule has 0 aliphatic heterocycles. The second-order valence-electron chi connectivity index (χ2n) is 8.32. The number of rotatable bonds is 8. The van der Waals surface area contributed by atoms with Crippen LogP contribution >= 0.6 is 39.1 Å². The minimum Gasteiger partial charge on any atom is -0.492 e. The zero-order chi connectivity index (χ0) is 26.5. The minimum absolute atomic E-state index is 0.340. The van der Waals surface area contributed by atoms with Crippen molar-refractivity contribution in [3.63, 3.8) is 0 Å². The van der Waals surface area contributed by atoms with Gasteiger partial charge in [-0.15, -0.1) is 0 Å². The van der Waals surface area contributed by atoms with Gasteiger partial charge in [0.1, 0.15) is 23.9 Å². The van der Waals surface area contributed by atoms with Gasteiger partial charge in [-0.1, -0.05) is 51.3 Å². The third kappa shape index (κ3) is 6.27. The van der Waals surface area contributed by atoms with E-state index in [4.69, 9.17) is 37.7 Å². The number of carbonyl (C=O) groups is 1. The molecule has 0 atom stereocenters. The van der Waals surface area contributed by atoms with E-state index in [1.165, 1.54) is 0 Å². The maximum absolute atomic E-state index is 13.0. The molecule has 0 saturated heterocycles. The summed E-state index contributed by atoms with van der Waals surface area (Å²) in [7, 11) is 0. The molecule has 0 saturated carbocycles. The van der Waals surface area contributed by atoms with Gasteiger partial charge in [0.2, 0.25) is 0 Å². The first-order chi connectivity index (χ1) is 18.5. The lowest BCUT2D eigenvalue weighted by Gasteiger charge is -2.12. The van der Waals surface area contributed by atoms with Crippen LogP contribution in [-0.2, 0) is 11.3 Å². The molecule has 5 aromatic rings. The molecule has 0 spiro atoms. The molecule has 0 aliphatic carbocycles. The van der Waals surface area contributed by atoms with E-state index in [-0.39, 0.29) is 0 Å². The predicted octanol–water partition coefficient (Wildman–Crippen LogP) is 8.54. The van der Waals surface area contributed by atoms with Crippen molar-refractivity contribution in [2.45, 2.75) is 6.54 Å². The summed E-state index contributed by atoms with van der Waals surface area (Å²) in [6, 6.07) is 29.2. The van der Waals surface area contributed by atoms with Crippen LogP contribution < -0.4 is 4.74 Å². The summed E-state index contributed by atoms with van der Waals surface area (Å²) >= 11 is 15.5. The number of carbonyl (C=O) groups excluding carboxylic acids is 1. The van der Waals surface area contributed by atoms with Crippen LogP contribution in [0.5, 0.6) is 5.75 Å². The molecule has 1 aromatic heterocycles.